The molecule has 5 nitrogen and oxygen atoms in total. The number of rotatable bonds is 7. The Labute approximate surface area is 170 Å². The number of thiazole rings is 1. The van der Waals surface area contributed by atoms with Crippen LogP contribution in [0.4, 0.5) is 0 Å². The van der Waals surface area contributed by atoms with Crippen molar-refractivity contribution < 1.29 is 13.2 Å². The Morgan fingerprint density at radius 3 is 2.36 bits per heavy atom. The molecule has 2 aromatic carbocycles. The molecule has 0 bridgehead atoms. The zero-order valence-corrected chi connectivity index (χ0v) is 18.1. The van der Waals surface area contributed by atoms with E-state index in [9.17, 15) is 8.42 Å². The lowest BCUT2D eigenvalue weighted by Crippen LogP contribution is -2.26. The van der Waals surface area contributed by atoms with E-state index in [1.807, 2.05) is 50.4 Å². The van der Waals surface area contributed by atoms with Crippen LogP contribution in [0.25, 0.3) is 11.3 Å². The quantitative estimate of drug-likeness (QED) is 0.625. The van der Waals surface area contributed by atoms with Crippen LogP contribution in [0, 0.1) is 20.8 Å². The summed E-state index contributed by atoms with van der Waals surface area (Å²) < 4.78 is 33.4. The van der Waals surface area contributed by atoms with Crippen LogP contribution in [-0.4, -0.2) is 27.1 Å². The van der Waals surface area contributed by atoms with E-state index in [2.05, 4.69) is 9.71 Å². The zero-order valence-electron chi connectivity index (χ0n) is 16.4. The van der Waals surface area contributed by atoms with E-state index in [-0.39, 0.29) is 4.90 Å². The van der Waals surface area contributed by atoms with Crippen molar-refractivity contribution in [3.05, 3.63) is 63.5 Å². The molecule has 0 radical (unpaired) electrons. The molecular formula is C21H24N2O3S2. The van der Waals surface area contributed by atoms with Gasteiger partial charge in [-0.15, -0.1) is 11.3 Å². The van der Waals surface area contributed by atoms with Gasteiger partial charge in [0.2, 0.25) is 10.0 Å². The number of sulfonamides is 1. The fourth-order valence-electron chi connectivity index (χ4n) is 2.88. The molecule has 3 aromatic rings. The van der Waals surface area contributed by atoms with E-state index < -0.39 is 10.0 Å². The van der Waals surface area contributed by atoms with E-state index in [1.54, 1.807) is 23.5 Å². The molecular weight excluding hydrogens is 392 g/mol. The molecule has 0 saturated heterocycles. The highest BCUT2D eigenvalue weighted by Crippen LogP contribution is 2.27. The van der Waals surface area contributed by atoms with Crippen LogP contribution in [0.5, 0.6) is 5.75 Å². The molecule has 0 saturated carbocycles. The number of methoxy groups -OCH3 is 1. The molecule has 1 aromatic heterocycles. The molecule has 28 heavy (non-hydrogen) atoms. The van der Waals surface area contributed by atoms with Gasteiger partial charge in [0.15, 0.2) is 0 Å². The van der Waals surface area contributed by atoms with Gasteiger partial charge in [-0.25, -0.2) is 18.1 Å². The lowest BCUT2D eigenvalue weighted by molar-refractivity contribution is 0.402. The first-order chi connectivity index (χ1) is 13.3. The van der Waals surface area contributed by atoms with Crippen molar-refractivity contribution in [2.24, 2.45) is 0 Å². The van der Waals surface area contributed by atoms with Crippen LogP contribution in [0.2, 0.25) is 0 Å². The topological polar surface area (TPSA) is 68.3 Å². The average molecular weight is 417 g/mol. The molecule has 0 unspecified atom stereocenters. The van der Waals surface area contributed by atoms with Gasteiger partial charge in [-0.3, -0.25) is 0 Å². The molecule has 0 spiro atoms. The molecule has 7 heteroatoms. The molecule has 0 aliphatic heterocycles. The highest BCUT2D eigenvalue weighted by atomic mass is 32.2. The van der Waals surface area contributed by atoms with Crippen molar-refractivity contribution in [3.8, 4) is 17.0 Å². The van der Waals surface area contributed by atoms with Gasteiger partial charge >= 0.3 is 0 Å². The summed E-state index contributed by atoms with van der Waals surface area (Å²) in [6, 6.07) is 11.5. The maximum atomic E-state index is 12.7. The standard InChI is InChI=1S/C21H24N2O3S2/c1-14-11-20(26-4)21(12-15(14)2)28(24,25)22-10-9-17-5-7-18(8-6-17)19-13-27-16(3)23-19/h5-8,11-13,22H,9-10H2,1-4H3. The van der Waals surface area contributed by atoms with Crippen molar-refractivity contribution >= 4 is 21.4 Å². The minimum absolute atomic E-state index is 0.173. The monoisotopic (exact) mass is 416 g/mol. The Hall–Kier alpha value is -2.22. The highest BCUT2D eigenvalue weighted by Gasteiger charge is 2.20. The largest absolute Gasteiger partial charge is 0.495 e. The van der Waals surface area contributed by atoms with Crippen LogP contribution < -0.4 is 9.46 Å². The minimum Gasteiger partial charge on any atom is -0.495 e. The molecule has 3 rings (SSSR count). The van der Waals surface area contributed by atoms with E-state index >= 15 is 0 Å². The SMILES string of the molecule is COc1cc(C)c(C)cc1S(=O)(=O)NCCc1ccc(-c2csc(C)n2)cc1. The first-order valence-corrected chi connectivity index (χ1v) is 11.3. The first kappa shape index (κ1) is 20.5. The number of benzene rings is 2. The van der Waals surface area contributed by atoms with Crippen molar-refractivity contribution in [1.29, 1.82) is 0 Å². The normalized spacial score (nSPS) is 11.6. The number of nitrogens with one attached hydrogen (secondary N) is 1. The van der Waals surface area contributed by atoms with Crippen molar-refractivity contribution in [2.75, 3.05) is 13.7 Å². The summed E-state index contributed by atoms with van der Waals surface area (Å²) in [4.78, 5) is 4.66. The number of hydrogen-bond acceptors (Lipinski definition) is 5. The van der Waals surface area contributed by atoms with Crippen molar-refractivity contribution in [1.82, 2.24) is 9.71 Å². The Kier molecular flexibility index (Phi) is 6.17. The number of hydrogen-bond donors (Lipinski definition) is 1. The van der Waals surface area contributed by atoms with E-state index in [1.165, 1.54) is 7.11 Å². The molecule has 0 atom stereocenters. The molecule has 1 N–H and O–H groups in total. The first-order valence-electron chi connectivity index (χ1n) is 8.96. The highest BCUT2D eigenvalue weighted by molar-refractivity contribution is 7.89. The van der Waals surface area contributed by atoms with Crippen LogP contribution in [-0.2, 0) is 16.4 Å². The van der Waals surface area contributed by atoms with Crippen LogP contribution in [0.1, 0.15) is 21.7 Å². The maximum absolute atomic E-state index is 12.7. The smallest absolute Gasteiger partial charge is 0.244 e. The van der Waals surface area contributed by atoms with Gasteiger partial charge in [0.05, 0.1) is 17.8 Å². The number of ether oxygens (including phenoxy) is 1. The summed E-state index contributed by atoms with van der Waals surface area (Å²) in [5, 5.41) is 3.07. The lowest BCUT2D eigenvalue weighted by Gasteiger charge is -2.13. The predicted octanol–water partition coefficient (Wildman–Crippen LogP) is 4.26. The number of nitrogens with zero attached hydrogens (tertiary/aromatic N) is 1. The second kappa shape index (κ2) is 8.43. The Morgan fingerprint density at radius 1 is 1.07 bits per heavy atom. The third-order valence-corrected chi connectivity index (χ3v) is 6.90. The Bertz CT molecular complexity index is 1070. The van der Waals surface area contributed by atoms with Crippen molar-refractivity contribution in [3.63, 3.8) is 0 Å². The van der Waals surface area contributed by atoms with Crippen LogP contribution in [0.15, 0.2) is 46.7 Å². The van der Waals surface area contributed by atoms with Crippen molar-refractivity contribution in [2.45, 2.75) is 32.1 Å². The third-order valence-electron chi connectivity index (χ3n) is 4.64. The van der Waals surface area contributed by atoms with E-state index in [0.29, 0.717) is 18.7 Å². The molecule has 1 heterocycles. The maximum Gasteiger partial charge on any atom is 0.244 e. The van der Waals surface area contributed by atoms with E-state index in [4.69, 9.17) is 4.74 Å². The summed E-state index contributed by atoms with van der Waals surface area (Å²) in [5.41, 5.74) is 5.00. The van der Waals surface area contributed by atoms with Gasteiger partial charge in [0.25, 0.3) is 0 Å². The third kappa shape index (κ3) is 4.60. The molecule has 148 valence electrons. The summed E-state index contributed by atoms with van der Waals surface area (Å²) in [5.74, 6) is 0.360. The second-order valence-electron chi connectivity index (χ2n) is 6.68. The Morgan fingerprint density at radius 2 is 1.75 bits per heavy atom. The van der Waals surface area contributed by atoms with Gasteiger partial charge in [-0.2, -0.15) is 0 Å². The van der Waals surface area contributed by atoms with E-state index in [0.717, 1.165) is 33.0 Å². The fraction of sp³-hybridized carbons (Fsp3) is 0.286. The van der Waals surface area contributed by atoms with Gasteiger partial charge < -0.3 is 4.74 Å². The summed E-state index contributed by atoms with van der Waals surface area (Å²) in [7, 11) is -2.16. The molecule has 0 amide bonds. The second-order valence-corrected chi connectivity index (χ2v) is 9.48. The number of aromatic nitrogens is 1. The number of aryl methyl sites for hydroxylation is 3. The zero-order chi connectivity index (χ0) is 20.3. The van der Waals surface area contributed by atoms with Crippen LogP contribution >= 0.6 is 11.3 Å². The molecule has 0 aliphatic carbocycles. The Balaban J connectivity index is 1.66. The van der Waals surface area contributed by atoms with Gasteiger partial charge in [0, 0.05) is 17.5 Å². The lowest BCUT2D eigenvalue weighted by atomic mass is 10.1. The van der Waals surface area contributed by atoms with Crippen LogP contribution in [0.3, 0.4) is 0 Å². The fourth-order valence-corrected chi connectivity index (χ4v) is 4.77. The molecule has 0 fully saturated rings. The predicted molar refractivity (Wildman–Crippen MR) is 114 cm³/mol. The van der Waals surface area contributed by atoms with Gasteiger partial charge in [-0.1, -0.05) is 24.3 Å². The summed E-state index contributed by atoms with van der Waals surface area (Å²) in [6.07, 6.45) is 0.600. The summed E-state index contributed by atoms with van der Waals surface area (Å²) >= 11 is 1.62. The molecule has 0 aliphatic rings. The van der Waals surface area contributed by atoms with Gasteiger partial charge in [-0.05, 0) is 56.0 Å². The minimum atomic E-state index is -3.64. The average Bonchev–Trinajstić information content (AvgIpc) is 3.10. The van der Waals surface area contributed by atoms with Gasteiger partial charge in [0.1, 0.15) is 10.6 Å². The summed E-state index contributed by atoms with van der Waals surface area (Å²) in [6.45, 7) is 6.12.